The first-order chi connectivity index (χ1) is 14.4. The normalized spacial score (nSPS) is 12.3. The Morgan fingerprint density at radius 3 is 2.70 bits per heavy atom. The smallest absolute Gasteiger partial charge is 0.264 e. The number of halogens is 1. The van der Waals surface area contributed by atoms with Crippen LogP contribution in [0.1, 0.15) is 11.1 Å². The van der Waals surface area contributed by atoms with Crippen LogP contribution >= 0.6 is 0 Å². The van der Waals surface area contributed by atoms with E-state index in [1.807, 2.05) is 32.0 Å². The van der Waals surface area contributed by atoms with Gasteiger partial charge in [-0.05, 0) is 55.3 Å². The molecular weight excluding hydrogens is 387 g/mol. The molecule has 30 heavy (non-hydrogen) atoms. The number of hydrogen-bond donors (Lipinski definition) is 1. The van der Waals surface area contributed by atoms with E-state index in [2.05, 4.69) is 10.1 Å². The minimum absolute atomic E-state index is 0.0361. The van der Waals surface area contributed by atoms with Gasteiger partial charge in [-0.15, -0.1) is 0 Å². The van der Waals surface area contributed by atoms with E-state index in [9.17, 15) is 14.3 Å². The van der Waals surface area contributed by atoms with E-state index >= 15 is 0 Å². The summed E-state index contributed by atoms with van der Waals surface area (Å²) < 4.78 is 21.7. The van der Waals surface area contributed by atoms with Crippen molar-refractivity contribution < 1.29 is 14.2 Å². The molecule has 4 rings (SSSR count). The highest BCUT2D eigenvalue weighted by Gasteiger charge is 2.14. The Morgan fingerprint density at radius 2 is 1.93 bits per heavy atom. The van der Waals surface area contributed by atoms with E-state index in [1.165, 1.54) is 33.9 Å². The van der Waals surface area contributed by atoms with Crippen molar-refractivity contribution in [3.05, 3.63) is 82.3 Å². The van der Waals surface area contributed by atoms with Crippen molar-refractivity contribution in [3.63, 3.8) is 0 Å². The summed E-state index contributed by atoms with van der Waals surface area (Å²) in [5.41, 5.74) is 2.68. The third kappa shape index (κ3) is 3.95. The van der Waals surface area contributed by atoms with Gasteiger partial charge in [0.05, 0.1) is 18.4 Å². The molecule has 7 nitrogen and oxygen atoms in total. The van der Waals surface area contributed by atoms with Crippen LogP contribution in [0.5, 0.6) is 5.75 Å². The van der Waals surface area contributed by atoms with Crippen LogP contribution in [0.2, 0.25) is 0 Å². The summed E-state index contributed by atoms with van der Waals surface area (Å²) in [5.74, 6) is 0.345. The van der Waals surface area contributed by atoms with Gasteiger partial charge in [-0.25, -0.2) is 14.1 Å². The van der Waals surface area contributed by atoms with Crippen molar-refractivity contribution in [1.82, 2.24) is 19.3 Å². The topological polar surface area (TPSA) is 82.2 Å². The molecule has 1 N–H and O–H groups in total. The van der Waals surface area contributed by atoms with Crippen LogP contribution in [0.3, 0.4) is 0 Å². The molecule has 154 valence electrons. The number of hydrogen-bond acceptors (Lipinski definition) is 5. The Morgan fingerprint density at radius 1 is 1.17 bits per heavy atom. The number of aryl methyl sites for hydroxylation is 2. The van der Waals surface area contributed by atoms with E-state index in [-0.39, 0.29) is 24.5 Å². The number of benzene rings is 2. The van der Waals surface area contributed by atoms with Crippen LogP contribution in [0, 0.1) is 19.7 Å². The van der Waals surface area contributed by atoms with Gasteiger partial charge >= 0.3 is 0 Å². The van der Waals surface area contributed by atoms with Gasteiger partial charge in [0.25, 0.3) is 5.56 Å². The molecule has 0 radical (unpaired) electrons. The molecule has 4 aromatic rings. The van der Waals surface area contributed by atoms with Gasteiger partial charge < -0.3 is 9.84 Å². The minimum atomic E-state index is -0.894. The molecule has 0 aliphatic rings. The molecule has 2 heterocycles. The zero-order valence-electron chi connectivity index (χ0n) is 16.6. The first-order valence-corrected chi connectivity index (χ1v) is 9.49. The van der Waals surface area contributed by atoms with Crippen molar-refractivity contribution >= 4 is 11.0 Å². The Kier molecular flexibility index (Phi) is 5.33. The molecule has 0 aliphatic heterocycles. The number of fused-ring (bicyclic) bond motifs is 1. The average molecular weight is 408 g/mol. The summed E-state index contributed by atoms with van der Waals surface area (Å²) in [6.07, 6.45) is 1.89. The largest absolute Gasteiger partial charge is 0.491 e. The third-order valence-corrected chi connectivity index (χ3v) is 4.81. The van der Waals surface area contributed by atoms with Crippen molar-refractivity contribution in [1.29, 1.82) is 0 Å². The van der Waals surface area contributed by atoms with Gasteiger partial charge in [0.1, 0.15) is 36.0 Å². The predicted octanol–water partition coefficient (Wildman–Crippen LogP) is 2.78. The van der Waals surface area contributed by atoms with Crippen LogP contribution in [-0.4, -0.2) is 37.1 Å². The number of aliphatic hydroxyl groups excluding tert-OH is 1. The highest BCUT2D eigenvalue weighted by molar-refractivity contribution is 5.74. The molecule has 0 amide bonds. The second-order valence-corrected chi connectivity index (χ2v) is 7.21. The predicted molar refractivity (Wildman–Crippen MR) is 111 cm³/mol. The lowest BCUT2D eigenvalue weighted by atomic mass is 10.1. The molecule has 0 fully saturated rings. The molecule has 0 unspecified atom stereocenters. The lowest BCUT2D eigenvalue weighted by Crippen LogP contribution is -2.30. The summed E-state index contributed by atoms with van der Waals surface area (Å²) >= 11 is 0. The van der Waals surface area contributed by atoms with Crippen molar-refractivity contribution in [2.75, 3.05) is 6.61 Å². The zero-order chi connectivity index (χ0) is 21.3. The Hall–Kier alpha value is -3.52. The molecule has 8 heteroatoms. The maximum atomic E-state index is 13.2. The van der Waals surface area contributed by atoms with Gasteiger partial charge in [0.2, 0.25) is 0 Å². The van der Waals surface area contributed by atoms with Crippen LogP contribution in [0.4, 0.5) is 4.39 Å². The SMILES string of the molecule is Cc1ccc(C)c(OC[C@H](O)Cn2cnc3c(cnn3-c3ccc(F)cc3)c2=O)c1. The quantitative estimate of drug-likeness (QED) is 0.531. The second-order valence-electron chi connectivity index (χ2n) is 7.21. The van der Waals surface area contributed by atoms with Crippen LogP contribution in [0.15, 0.2) is 59.8 Å². The number of ether oxygens (including phenoxy) is 1. The second kappa shape index (κ2) is 8.08. The number of aromatic nitrogens is 4. The average Bonchev–Trinajstić information content (AvgIpc) is 3.16. The lowest BCUT2D eigenvalue weighted by molar-refractivity contribution is 0.0911. The van der Waals surface area contributed by atoms with Gasteiger partial charge in [-0.3, -0.25) is 9.36 Å². The van der Waals surface area contributed by atoms with Crippen molar-refractivity contribution in [2.24, 2.45) is 0 Å². The van der Waals surface area contributed by atoms with Crippen molar-refractivity contribution in [3.8, 4) is 11.4 Å². The minimum Gasteiger partial charge on any atom is -0.491 e. The molecule has 0 aliphatic carbocycles. The maximum Gasteiger partial charge on any atom is 0.264 e. The fourth-order valence-corrected chi connectivity index (χ4v) is 3.18. The van der Waals surface area contributed by atoms with Gasteiger partial charge in [-0.1, -0.05) is 12.1 Å². The number of aliphatic hydroxyl groups is 1. The number of rotatable bonds is 6. The van der Waals surface area contributed by atoms with Crippen LogP contribution < -0.4 is 10.3 Å². The third-order valence-electron chi connectivity index (χ3n) is 4.81. The fraction of sp³-hybridized carbons (Fsp3) is 0.227. The zero-order valence-corrected chi connectivity index (χ0v) is 16.6. The molecule has 0 spiro atoms. The number of nitrogens with zero attached hydrogens (tertiary/aromatic N) is 4. The Bertz CT molecular complexity index is 1250. The van der Waals surface area contributed by atoms with E-state index < -0.39 is 6.10 Å². The standard InChI is InChI=1S/C22H21FN4O3/c1-14-3-4-15(2)20(9-14)30-12-18(28)11-26-13-24-21-19(22(26)29)10-25-27(21)17-7-5-16(23)6-8-17/h3-10,13,18,28H,11-12H2,1-2H3/t18-/m1/s1. The molecule has 2 aromatic heterocycles. The van der Waals surface area contributed by atoms with E-state index in [0.29, 0.717) is 22.5 Å². The van der Waals surface area contributed by atoms with Crippen molar-refractivity contribution in [2.45, 2.75) is 26.5 Å². The monoisotopic (exact) mass is 408 g/mol. The highest BCUT2D eigenvalue weighted by atomic mass is 19.1. The first kappa shape index (κ1) is 19.8. The maximum absolute atomic E-state index is 13.2. The van der Waals surface area contributed by atoms with E-state index in [4.69, 9.17) is 4.74 Å². The summed E-state index contributed by atoms with van der Waals surface area (Å²) in [5, 5.41) is 14.9. The van der Waals surface area contributed by atoms with Gasteiger partial charge in [0, 0.05) is 0 Å². The van der Waals surface area contributed by atoms with Crippen LogP contribution in [0.25, 0.3) is 16.7 Å². The summed E-state index contributed by atoms with van der Waals surface area (Å²) in [7, 11) is 0. The molecule has 1 atom stereocenters. The molecule has 0 saturated heterocycles. The Labute approximate surface area is 172 Å². The summed E-state index contributed by atoms with van der Waals surface area (Å²) in [6, 6.07) is 11.6. The first-order valence-electron chi connectivity index (χ1n) is 9.49. The highest BCUT2D eigenvalue weighted by Crippen LogP contribution is 2.19. The van der Waals surface area contributed by atoms with Crippen LogP contribution in [-0.2, 0) is 6.54 Å². The van der Waals surface area contributed by atoms with E-state index in [1.54, 1.807) is 12.1 Å². The van der Waals surface area contributed by atoms with Gasteiger partial charge in [0.15, 0.2) is 5.65 Å². The lowest BCUT2D eigenvalue weighted by Gasteiger charge is -2.15. The molecule has 0 saturated carbocycles. The molecule has 0 bridgehead atoms. The molecular formula is C22H21FN4O3. The van der Waals surface area contributed by atoms with E-state index in [0.717, 1.165) is 11.1 Å². The van der Waals surface area contributed by atoms with Gasteiger partial charge in [-0.2, -0.15) is 5.10 Å². The molecule has 2 aromatic carbocycles. The summed E-state index contributed by atoms with van der Waals surface area (Å²) in [4.78, 5) is 17.1. The summed E-state index contributed by atoms with van der Waals surface area (Å²) in [6.45, 7) is 3.98. The Balaban J connectivity index is 1.52. The fourth-order valence-electron chi connectivity index (χ4n) is 3.18.